The summed E-state index contributed by atoms with van der Waals surface area (Å²) in [5.74, 6) is -0.252. The summed E-state index contributed by atoms with van der Waals surface area (Å²) in [6.07, 6.45) is 4.13. The molecule has 1 N–H and O–H groups in total. The molecule has 142 valence electrons. The van der Waals surface area contributed by atoms with Crippen LogP contribution in [0.1, 0.15) is 12.0 Å². The Labute approximate surface area is 158 Å². The molecule has 0 aliphatic heterocycles. The van der Waals surface area contributed by atoms with Gasteiger partial charge in [-0.3, -0.25) is 9.56 Å². The fourth-order valence-corrected chi connectivity index (χ4v) is 3.51. The highest BCUT2D eigenvalue weighted by Gasteiger charge is 2.16. The first-order valence-corrected chi connectivity index (χ1v) is 10.2. The zero-order valence-corrected chi connectivity index (χ0v) is 16.2. The van der Waals surface area contributed by atoms with Crippen LogP contribution < -0.4 is 9.69 Å². The van der Waals surface area contributed by atoms with Gasteiger partial charge in [-0.25, -0.2) is 0 Å². The molecular formula is C19H23N4O3S+. The van der Waals surface area contributed by atoms with Crippen molar-refractivity contribution in [3.05, 3.63) is 60.3 Å². The molecule has 8 heteroatoms. The van der Waals surface area contributed by atoms with Crippen molar-refractivity contribution in [2.45, 2.75) is 13.0 Å². The Morgan fingerprint density at radius 3 is 2.63 bits per heavy atom. The number of anilines is 1. The zero-order valence-electron chi connectivity index (χ0n) is 15.4. The highest BCUT2D eigenvalue weighted by Crippen LogP contribution is 2.17. The van der Waals surface area contributed by atoms with Gasteiger partial charge in [-0.15, -0.1) is 4.68 Å². The van der Waals surface area contributed by atoms with Crippen molar-refractivity contribution >= 4 is 32.9 Å². The third kappa shape index (κ3) is 4.72. The lowest BCUT2D eigenvalue weighted by Crippen LogP contribution is -2.41. The first-order chi connectivity index (χ1) is 12.8. The van der Waals surface area contributed by atoms with Gasteiger partial charge < -0.3 is 0 Å². The van der Waals surface area contributed by atoms with Crippen LogP contribution in [0.5, 0.6) is 0 Å². The van der Waals surface area contributed by atoms with E-state index in [1.54, 1.807) is 0 Å². The van der Waals surface area contributed by atoms with Crippen molar-refractivity contribution < 1.29 is 17.7 Å². The van der Waals surface area contributed by atoms with Crippen molar-refractivity contribution in [2.75, 3.05) is 17.8 Å². The fraction of sp³-hybridized carbons (Fsp3) is 0.263. The molecule has 1 heterocycles. The minimum Gasteiger partial charge on any atom is -0.286 e. The van der Waals surface area contributed by atoms with E-state index in [1.807, 2.05) is 89.4 Å². The van der Waals surface area contributed by atoms with Gasteiger partial charge in [0.25, 0.3) is 10.1 Å². The summed E-state index contributed by atoms with van der Waals surface area (Å²) in [6, 6.07) is 15.8. The molecule has 3 rings (SSSR count). The standard InChI is InChI=1S/C19H22N4O3S/c1-21(18-10-4-3-5-11-18)20-14-16-8-6-9-17-15-23(22(2)19(16)17)12-7-13-27(24,25)26/h3-6,8-11,14-15H,7,12-13H2,1-2H3/p+1. The van der Waals surface area contributed by atoms with Gasteiger partial charge in [0.15, 0.2) is 6.54 Å². The minimum absolute atomic E-state index is 0.252. The van der Waals surface area contributed by atoms with Crippen LogP contribution in [0.3, 0.4) is 0 Å². The third-order valence-electron chi connectivity index (χ3n) is 4.38. The van der Waals surface area contributed by atoms with Crippen LogP contribution in [0.2, 0.25) is 0 Å². The van der Waals surface area contributed by atoms with E-state index in [0.29, 0.717) is 13.0 Å². The van der Waals surface area contributed by atoms with Crippen molar-refractivity contribution in [1.82, 2.24) is 4.68 Å². The van der Waals surface area contributed by atoms with Crippen molar-refractivity contribution in [1.29, 1.82) is 0 Å². The number of hydrazone groups is 1. The van der Waals surface area contributed by atoms with Gasteiger partial charge in [-0.05, 0) is 18.2 Å². The highest BCUT2D eigenvalue weighted by atomic mass is 32.2. The number of nitrogens with zero attached hydrogens (tertiary/aromatic N) is 4. The Kier molecular flexibility index (Phi) is 5.57. The number of hydrogen-bond donors (Lipinski definition) is 1. The predicted octanol–water partition coefficient (Wildman–Crippen LogP) is 2.21. The molecule has 0 aliphatic carbocycles. The van der Waals surface area contributed by atoms with Gasteiger partial charge >= 0.3 is 0 Å². The molecule has 0 bridgehead atoms. The van der Waals surface area contributed by atoms with Gasteiger partial charge in [0.05, 0.1) is 30.1 Å². The topological polar surface area (TPSA) is 78.8 Å². The molecule has 0 amide bonds. The van der Waals surface area contributed by atoms with Crippen LogP contribution in [0.25, 0.3) is 10.9 Å². The normalized spacial score (nSPS) is 12.1. The Bertz CT molecular complexity index is 1060. The molecule has 0 spiro atoms. The van der Waals surface area contributed by atoms with E-state index in [0.717, 1.165) is 22.2 Å². The third-order valence-corrected chi connectivity index (χ3v) is 5.19. The lowest BCUT2D eigenvalue weighted by Gasteiger charge is -2.12. The molecule has 0 saturated carbocycles. The molecule has 0 unspecified atom stereocenters. The Balaban J connectivity index is 1.85. The largest absolute Gasteiger partial charge is 0.286 e. The monoisotopic (exact) mass is 387 g/mol. The van der Waals surface area contributed by atoms with Crippen LogP contribution in [-0.4, -0.2) is 36.7 Å². The first kappa shape index (κ1) is 19.1. The summed E-state index contributed by atoms with van der Waals surface area (Å²) in [5.41, 5.74) is 2.97. The molecule has 1 aromatic heterocycles. The van der Waals surface area contributed by atoms with Crippen LogP contribution in [0.4, 0.5) is 5.69 Å². The average molecular weight is 387 g/mol. The van der Waals surface area contributed by atoms with Gasteiger partial charge in [-0.1, -0.05) is 30.3 Å². The molecule has 0 aliphatic rings. The number of para-hydroxylation sites is 2. The van der Waals surface area contributed by atoms with Gasteiger partial charge in [0.1, 0.15) is 5.52 Å². The second kappa shape index (κ2) is 7.89. The second-order valence-electron chi connectivity index (χ2n) is 6.34. The Morgan fingerprint density at radius 1 is 1.19 bits per heavy atom. The van der Waals surface area contributed by atoms with E-state index in [-0.39, 0.29) is 5.75 Å². The maximum atomic E-state index is 10.9. The van der Waals surface area contributed by atoms with Crippen molar-refractivity contribution in [3.8, 4) is 0 Å². The Morgan fingerprint density at radius 2 is 1.93 bits per heavy atom. The maximum absolute atomic E-state index is 10.9. The van der Waals surface area contributed by atoms with Crippen molar-refractivity contribution in [3.63, 3.8) is 0 Å². The van der Waals surface area contributed by atoms with Crippen LogP contribution in [-0.2, 0) is 23.7 Å². The van der Waals surface area contributed by atoms with Gasteiger partial charge in [0, 0.05) is 19.0 Å². The summed E-state index contributed by atoms with van der Waals surface area (Å²) < 4.78 is 34.6. The lowest BCUT2D eigenvalue weighted by molar-refractivity contribution is -0.770. The number of fused-ring (bicyclic) bond motifs is 1. The molecule has 3 aromatic rings. The summed E-state index contributed by atoms with van der Waals surface area (Å²) in [5, 5.41) is 7.38. The first-order valence-electron chi connectivity index (χ1n) is 8.61. The van der Waals surface area contributed by atoms with Crippen molar-refractivity contribution in [2.24, 2.45) is 12.1 Å². The van der Waals surface area contributed by atoms with E-state index >= 15 is 0 Å². The van der Waals surface area contributed by atoms with E-state index in [9.17, 15) is 8.42 Å². The smallest absolute Gasteiger partial charge is 0.265 e. The number of rotatable bonds is 7. The zero-order chi connectivity index (χ0) is 19.4. The van der Waals surface area contributed by atoms with E-state index in [4.69, 9.17) is 4.55 Å². The SMILES string of the molecule is CN(N=Cc1cccc2c[n+](CCCS(=O)(=O)O)n(C)c12)c1ccccc1. The molecule has 0 fully saturated rings. The fourth-order valence-electron chi connectivity index (χ4n) is 3.02. The number of aryl methyl sites for hydroxylation is 2. The number of aromatic nitrogens is 2. The summed E-state index contributed by atoms with van der Waals surface area (Å²) in [4.78, 5) is 0. The van der Waals surface area contributed by atoms with Crippen LogP contribution >= 0.6 is 0 Å². The summed E-state index contributed by atoms with van der Waals surface area (Å²) >= 11 is 0. The van der Waals surface area contributed by atoms with Crippen LogP contribution in [0.15, 0.2) is 59.8 Å². The summed E-state index contributed by atoms with van der Waals surface area (Å²) in [6.45, 7) is 0.492. The average Bonchev–Trinajstić information content (AvgIpc) is 2.96. The molecule has 0 atom stereocenters. The molecular weight excluding hydrogens is 364 g/mol. The highest BCUT2D eigenvalue weighted by molar-refractivity contribution is 7.85. The molecule has 0 radical (unpaired) electrons. The van der Waals surface area contributed by atoms with E-state index in [1.165, 1.54) is 0 Å². The van der Waals surface area contributed by atoms with E-state index in [2.05, 4.69) is 5.10 Å². The number of benzene rings is 2. The molecule has 2 aromatic carbocycles. The van der Waals surface area contributed by atoms with Gasteiger partial charge in [-0.2, -0.15) is 18.2 Å². The molecule has 27 heavy (non-hydrogen) atoms. The maximum Gasteiger partial charge on any atom is 0.265 e. The van der Waals surface area contributed by atoms with Crippen LogP contribution in [0, 0.1) is 0 Å². The predicted molar refractivity (Wildman–Crippen MR) is 107 cm³/mol. The summed E-state index contributed by atoms with van der Waals surface area (Å²) in [7, 11) is -0.119. The van der Waals surface area contributed by atoms with E-state index < -0.39 is 10.1 Å². The second-order valence-corrected chi connectivity index (χ2v) is 7.92. The minimum atomic E-state index is -3.94. The molecule has 0 saturated heterocycles. The molecule has 7 nitrogen and oxygen atoms in total. The van der Waals surface area contributed by atoms with Gasteiger partial charge in [0.2, 0.25) is 6.20 Å². The quantitative estimate of drug-likeness (QED) is 0.292. The number of hydrogen-bond acceptors (Lipinski definition) is 4. The Hall–Kier alpha value is -2.71. The lowest BCUT2D eigenvalue weighted by atomic mass is 10.1.